The molecule has 11 heteroatoms. The zero-order valence-electron chi connectivity index (χ0n) is 22.0. The summed E-state index contributed by atoms with van der Waals surface area (Å²) in [7, 11) is 1.88. The SMILES string of the molecule is CN(C)C(c1ccc(Cl)cc1)C1CCC(CNC(=O)COCCN(C)S(=O)(=O)c2ccc(Cl)cc2Cl)CC1. The monoisotopic (exact) mass is 603 g/mol. The van der Waals surface area contributed by atoms with Gasteiger partial charge in [0.2, 0.25) is 15.9 Å². The highest BCUT2D eigenvalue weighted by atomic mass is 35.5. The maximum absolute atomic E-state index is 12.7. The van der Waals surface area contributed by atoms with Crippen LogP contribution in [0.4, 0.5) is 0 Å². The Hall–Kier alpha value is -1.39. The third-order valence-corrected chi connectivity index (χ3v) is 9.89. The van der Waals surface area contributed by atoms with Gasteiger partial charge < -0.3 is 15.0 Å². The van der Waals surface area contributed by atoms with Crippen LogP contribution in [0.25, 0.3) is 0 Å². The van der Waals surface area contributed by atoms with E-state index in [9.17, 15) is 13.2 Å². The van der Waals surface area contributed by atoms with E-state index in [1.54, 1.807) is 0 Å². The number of hydrogen-bond acceptors (Lipinski definition) is 5. The van der Waals surface area contributed by atoms with E-state index in [4.69, 9.17) is 39.5 Å². The number of sulfonamides is 1. The molecule has 1 N–H and O–H groups in total. The van der Waals surface area contributed by atoms with Crippen molar-refractivity contribution in [3.63, 3.8) is 0 Å². The summed E-state index contributed by atoms with van der Waals surface area (Å²) in [5, 5.41) is 4.12. The Morgan fingerprint density at radius 2 is 1.63 bits per heavy atom. The number of rotatable bonds is 12. The minimum absolute atomic E-state index is 0.0244. The molecule has 1 aliphatic rings. The molecule has 7 nitrogen and oxygen atoms in total. The van der Waals surface area contributed by atoms with Crippen LogP contribution in [0.1, 0.15) is 37.3 Å². The van der Waals surface area contributed by atoms with Crippen molar-refractivity contribution in [1.29, 1.82) is 0 Å². The van der Waals surface area contributed by atoms with Crippen LogP contribution in [0, 0.1) is 11.8 Å². The lowest BCUT2D eigenvalue weighted by Gasteiger charge is -2.37. The average Bonchev–Trinajstić information content (AvgIpc) is 2.87. The zero-order valence-corrected chi connectivity index (χ0v) is 25.1. The number of nitrogens with one attached hydrogen (secondary N) is 1. The Balaban J connectivity index is 1.36. The lowest BCUT2D eigenvalue weighted by Crippen LogP contribution is -2.36. The first-order valence-corrected chi connectivity index (χ1v) is 15.2. The number of likely N-dealkylation sites (N-methyl/N-ethyl adjacent to an activating group) is 1. The standard InChI is InChI=1S/C27H36Cl3N3O4S/c1-32(2)27(21-8-10-22(28)11-9-21)20-6-4-19(5-7-20)17-31-26(34)18-37-15-14-33(3)38(35,36)25-13-12-23(29)16-24(25)30/h8-13,16,19-20,27H,4-7,14-15,17-18H2,1-3H3,(H,31,34). The molecule has 0 radical (unpaired) electrons. The van der Waals surface area contributed by atoms with Crippen molar-refractivity contribution >= 4 is 50.7 Å². The van der Waals surface area contributed by atoms with Crippen LogP contribution in [0.15, 0.2) is 47.4 Å². The van der Waals surface area contributed by atoms with Crippen molar-refractivity contribution in [2.45, 2.75) is 36.6 Å². The highest BCUT2D eigenvalue weighted by Crippen LogP contribution is 2.39. The first-order valence-electron chi connectivity index (χ1n) is 12.7. The normalized spacial score (nSPS) is 19.1. The summed E-state index contributed by atoms with van der Waals surface area (Å²) >= 11 is 18.0. The first-order chi connectivity index (χ1) is 18.0. The fourth-order valence-electron chi connectivity index (χ4n) is 5.00. The van der Waals surface area contributed by atoms with Gasteiger partial charge in [-0.15, -0.1) is 0 Å². The van der Waals surface area contributed by atoms with Crippen LogP contribution in [0.5, 0.6) is 0 Å². The highest BCUT2D eigenvalue weighted by Gasteiger charge is 2.30. The molecular weight excluding hydrogens is 569 g/mol. The van der Waals surface area contributed by atoms with E-state index >= 15 is 0 Å². The Bertz CT molecular complexity index is 1170. The van der Waals surface area contributed by atoms with Crippen LogP contribution in [-0.2, 0) is 19.6 Å². The van der Waals surface area contributed by atoms with Crippen molar-refractivity contribution in [1.82, 2.24) is 14.5 Å². The van der Waals surface area contributed by atoms with Gasteiger partial charge in [0.1, 0.15) is 11.5 Å². The minimum Gasteiger partial charge on any atom is -0.370 e. The third-order valence-electron chi connectivity index (χ3n) is 7.06. The maximum atomic E-state index is 12.7. The van der Waals surface area contributed by atoms with Gasteiger partial charge in [-0.1, -0.05) is 46.9 Å². The quantitative estimate of drug-likeness (QED) is 0.323. The number of carbonyl (C=O) groups excluding carboxylic acids is 1. The summed E-state index contributed by atoms with van der Waals surface area (Å²) in [4.78, 5) is 14.5. The second-order valence-electron chi connectivity index (χ2n) is 10.00. The number of halogens is 3. The lowest BCUT2D eigenvalue weighted by atomic mass is 9.76. The number of carbonyl (C=O) groups is 1. The van der Waals surface area contributed by atoms with Crippen molar-refractivity contribution in [2.24, 2.45) is 11.8 Å². The van der Waals surface area contributed by atoms with E-state index < -0.39 is 10.0 Å². The highest BCUT2D eigenvalue weighted by molar-refractivity contribution is 7.89. The third kappa shape index (κ3) is 8.55. The molecule has 1 atom stereocenters. The van der Waals surface area contributed by atoms with Crippen molar-refractivity contribution in [3.8, 4) is 0 Å². The van der Waals surface area contributed by atoms with Crippen LogP contribution >= 0.6 is 34.8 Å². The molecule has 3 rings (SSSR count). The van der Waals surface area contributed by atoms with Crippen LogP contribution in [0.3, 0.4) is 0 Å². The van der Waals surface area contributed by atoms with Crippen molar-refractivity contribution in [3.05, 3.63) is 63.1 Å². The molecule has 1 unspecified atom stereocenters. The van der Waals surface area contributed by atoms with E-state index in [0.29, 0.717) is 29.4 Å². The molecule has 0 saturated heterocycles. The molecule has 1 fully saturated rings. The van der Waals surface area contributed by atoms with Gasteiger partial charge in [-0.3, -0.25) is 4.79 Å². The molecule has 2 aromatic carbocycles. The van der Waals surface area contributed by atoms with Gasteiger partial charge in [-0.2, -0.15) is 4.31 Å². The first kappa shape index (κ1) is 31.1. The van der Waals surface area contributed by atoms with E-state index in [1.165, 1.54) is 30.8 Å². The van der Waals surface area contributed by atoms with Crippen molar-refractivity contribution in [2.75, 3.05) is 47.4 Å². The Morgan fingerprint density at radius 3 is 2.24 bits per heavy atom. The molecule has 38 heavy (non-hydrogen) atoms. The van der Waals surface area contributed by atoms with Gasteiger partial charge >= 0.3 is 0 Å². The topological polar surface area (TPSA) is 79.0 Å². The van der Waals surface area contributed by atoms with Gasteiger partial charge in [0.05, 0.1) is 11.6 Å². The van der Waals surface area contributed by atoms with Gasteiger partial charge in [-0.05, 0) is 87.5 Å². The number of benzene rings is 2. The van der Waals surface area contributed by atoms with Crippen LogP contribution in [0.2, 0.25) is 15.1 Å². The summed E-state index contributed by atoms with van der Waals surface area (Å²) in [5.74, 6) is 0.784. The Morgan fingerprint density at radius 1 is 1.00 bits per heavy atom. The van der Waals surface area contributed by atoms with Gasteiger partial charge in [0, 0.05) is 36.2 Å². The molecule has 1 saturated carbocycles. The summed E-state index contributed by atoms with van der Waals surface area (Å²) in [6, 6.07) is 12.7. The largest absolute Gasteiger partial charge is 0.370 e. The molecule has 0 heterocycles. The van der Waals surface area contributed by atoms with Gasteiger partial charge in [-0.25, -0.2) is 8.42 Å². The summed E-state index contributed by atoms with van der Waals surface area (Å²) in [6.07, 6.45) is 4.31. The maximum Gasteiger partial charge on any atom is 0.246 e. The molecule has 2 aromatic rings. The second-order valence-corrected chi connectivity index (χ2v) is 13.3. The second kappa shape index (κ2) is 14.3. The minimum atomic E-state index is -3.79. The average molecular weight is 605 g/mol. The Kier molecular flexibility index (Phi) is 11.7. The van der Waals surface area contributed by atoms with E-state index in [-0.39, 0.29) is 35.6 Å². The summed E-state index contributed by atoms with van der Waals surface area (Å²) in [6.45, 7) is 0.658. The van der Waals surface area contributed by atoms with E-state index in [1.807, 2.05) is 12.1 Å². The number of nitrogens with zero attached hydrogens (tertiary/aromatic N) is 2. The number of amides is 1. The fraction of sp³-hybridized carbons (Fsp3) is 0.519. The lowest BCUT2D eigenvalue weighted by molar-refractivity contribution is -0.126. The molecule has 1 aliphatic carbocycles. The molecule has 1 amide bonds. The number of ether oxygens (including phenoxy) is 1. The van der Waals surface area contributed by atoms with Crippen LogP contribution in [-0.4, -0.2) is 71.0 Å². The van der Waals surface area contributed by atoms with E-state index in [0.717, 1.165) is 35.0 Å². The summed E-state index contributed by atoms with van der Waals surface area (Å²) < 4.78 is 32.0. The molecule has 0 aromatic heterocycles. The molecule has 210 valence electrons. The predicted molar refractivity (Wildman–Crippen MR) is 153 cm³/mol. The van der Waals surface area contributed by atoms with Crippen molar-refractivity contribution < 1.29 is 17.9 Å². The zero-order chi connectivity index (χ0) is 27.9. The Labute approximate surface area is 241 Å². The van der Waals surface area contributed by atoms with Gasteiger partial charge in [0.15, 0.2) is 0 Å². The fourth-order valence-corrected chi connectivity index (χ4v) is 7.02. The molecule has 0 aliphatic heterocycles. The van der Waals surface area contributed by atoms with Gasteiger partial charge in [0.25, 0.3) is 0 Å². The van der Waals surface area contributed by atoms with E-state index in [2.05, 4.69) is 36.4 Å². The number of hydrogen-bond donors (Lipinski definition) is 1. The molecule has 0 bridgehead atoms. The smallest absolute Gasteiger partial charge is 0.246 e. The van der Waals surface area contributed by atoms with Crippen LogP contribution < -0.4 is 5.32 Å². The molecular formula is C27H36Cl3N3O4S. The summed E-state index contributed by atoms with van der Waals surface area (Å²) in [5.41, 5.74) is 1.28. The molecule has 0 spiro atoms. The predicted octanol–water partition coefficient (Wildman–Crippen LogP) is 5.51.